The third-order valence-corrected chi connectivity index (χ3v) is 5.48. The van der Waals surface area contributed by atoms with Crippen molar-refractivity contribution in [3.05, 3.63) is 89.7 Å². The van der Waals surface area contributed by atoms with E-state index in [1.165, 1.54) is 5.56 Å². The number of rotatable bonds is 10. The molecule has 4 aromatic rings. The second-order valence-corrected chi connectivity index (χ2v) is 7.92. The van der Waals surface area contributed by atoms with E-state index < -0.39 is 0 Å². The fourth-order valence-electron chi connectivity index (χ4n) is 3.84. The molecule has 0 saturated heterocycles. The molecular weight excluding hydrogens is 414 g/mol. The van der Waals surface area contributed by atoms with Crippen LogP contribution in [0.4, 0.5) is 0 Å². The second-order valence-electron chi connectivity index (χ2n) is 7.92. The van der Waals surface area contributed by atoms with Gasteiger partial charge in [-0.3, -0.25) is 4.79 Å². The highest BCUT2D eigenvalue weighted by Gasteiger charge is 2.12. The first-order valence-electron chi connectivity index (χ1n) is 11.2. The van der Waals surface area contributed by atoms with E-state index in [4.69, 9.17) is 14.5 Å². The van der Waals surface area contributed by atoms with Crippen LogP contribution in [0.25, 0.3) is 11.0 Å². The molecule has 1 heterocycles. The Hall–Kier alpha value is -3.80. The third kappa shape index (κ3) is 5.71. The number of ether oxygens (including phenoxy) is 2. The predicted molar refractivity (Wildman–Crippen MR) is 130 cm³/mol. The molecule has 4 rings (SSSR count). The van der Waals surface area contributed by atoms with Gasteiger partial charge in [0.2, 0.25) is 0 Å². The van der Waals surface area contributed by atoms with Gasteiger partial charge in [0.05, 0.1) is 24.8 Å². The van der Waals surface area contributed by atoms with Crippen LogP contribution in [-0.4, -0.2) is 35.7 Å². The van der Waals surface area contributed by atoms with Gasteiger partial charge in [-0.05, 0) is 61.4 Å². The van der Waals surface area contributed by atoms with Gasteiger partial charge in [-0.15, -0.1) is 0 Å². The molecule has 33 heavy (non-hydrogen) atoms. The van der Waals surface area contributed by atoms with Crippen molar-refractivity contribution < 1.29 is 14.3 Å². The number of nitrogens with zero attached hydrogens (tertiary/aromatic N) is 2. The molecule has 0 spiro atoms. The third-order valence-electron chi connectivity index (χ3n) is 5.48. The number of aromatic nitrogens is 2. The van der Waals surface area contributed by atoms with Crippen LogP contribution >= 0.6 is 0 Å². The van der Waals surface area contributed by atoms with Crippen LogP contribution < -0.4 is 14.8 Å². The number of benzene rings is 3. The Kier molecular flexibility index (Phi) is 7.25. The van der Waals surface area contributed by atoms with E-state index in [9.17, 15) is 4.79 Å². The van der Waals surface area contributed by atoms with Crippen molar-refractivity contribution >= 4 is 16.9 Å². The number of amides is 1. The number of carbonyl (C=O) groups excluding carboxylic acids is 1. The molecule has 0 unspecified atom stereocenters. The summed E-state index contributed by atoms with van der Waals surface area (Å²) in [5, 5.41) is 2.99. The lowest BCUT2D eigenvalue weighted by Gasteiger charge is -2.11. The number of imidazole rings is 1. The summed E-state index contributed by atoms with van der Waals surface area (Å²) < 4.78 is 13.4. The Morgan fingerprint density at radius 2 is 1.82 bits per heavy atom. The summed E-state index contributed by atoms with van der Waals surface area (Å²) in [5.41, 5.74) is 3.83. The Morgan fingerprint density at radius 1 is 1.00 bits per heavy atom. The molecule has 1 aromatic heterocycles. The number of nitrogens with one attached hydrogen (secondary N) is 1. The number of carbonyl (C=O) groups is 1. The summed E-state index contributed by atoms with van der Waals surface area (Å²) in [6, 6.07) is 23.4. The largest absolute Gasteiger partial charge is 0.497 e. The standard InChI is InChI=1S/C27H29N3O3/c1-20-8-5-11-23(18-20)33-17-7-16-30-25-13-4-3-12-24(25)29-26(30)14-15-28-27(31)21-9-6-10-22(19-21)32-2/h3-6,8-13,18-19H,7,14-17H2,1-2H3,(H,28,31). The quantitative estimate of drug-likeness (QED) is 0.358. The molecule has 6 nitrogen and oxygen atoms in total. The normalized spacial score (nSPS) is 10.8. The van der Waals surface area contributed by atoms with Crippen molar-refractivity contribution in [1.82, 2.24) is 14.9 Å². The van der Waals surface area contributed by atoms with Crippen molar-refractivity contribution in [2.24, 2.45) is 0 Å². The summed E-state index contributed by atoms with van der Waals surface area (Å²) in [7, 11) is 1.59. The zero-order valence-corrected chi connectivity index (χ0v) is 19.1. The SMILES string of the molecule is COc1cccc(C(=O)NCCc2nc3ccccc3n2CCCOc2cccc(C)c2)c1. The maximum absolute atomic E-state index is 12.5. The Bertz CT molecular complexity index is 1230. The van der Waals surface area contributed by atoms with Gasteiger partial charge < -0.3 is 19.4 Å². The second kappa shape index (κ2) is 10.7. The lowest BCUT2D eigenvalue weighted by Crippen LogP contribution is -2.26. The number of methoxy groups -OCH3 is 1. The van der Waals surface area contributed by atoms with Gasteiger partial charge in [0.1, 0.15) is 17.3 Å². The highest BCUT2D eigenvalue weighted by atomic mass is 16.5. The smallest absolute Gasteiger partial charge is 0.251 e. The van der Waals surface area contributed by atoms with Gasteiger partial charge in [0, 0.05) is 25.1 Å². The molecule has 0 bridgehead atoms. The van der Waals surface area contributed by atoms with E-state index in [2.05, 4.69) is 28.9 Å². The van der Waals surface area contributed by atoms with Gasteiger partial charge in [0.25, 0.3) is 5.91 Å². The van der Waals surface area contributed by atoms with Crippen LogP contribution in [0, 0.1) is 6.92 Å². The van der Waals surface area contributed by atoms with Crippen molar-refractivity contribution in [2.75, 3.05) is 20.3 Å². The minimum absolute atomic E-state index is 0.122. The average Bonchev–Trinajstić information content (AvgIpc) is 3.19. The van der Waals surface area contributed by atoms with Crippen LogP contribution in [0.2, 0.25) is 0 Å². The minimum atomic E-state index is -0.122. The summed E-state index contributed by atoms with van der Waals surface area (Å²) >= 11 is 0. The number of hydrogen-bond donors (Lipinski definition) is 1. The zero-order valence-electron chi connectivity index (χ0n) is 19.1. The van der Waals surface area contributed by atoms with Crippen molar-refractivity contribution in [2.45, 2.75) is 26.3 Å². The molecule has 0 aliphatic carbocycles. The number of para-hydroxylation sites is 2. The molecule has 170 valence electrons. The first-order chi connectivity index (χ1) is 16.1. The monoisotopic (exact) mass is 443 g/mol. The van der Waals surface area contributed by atoms with Crippen molar-refractivity contribution in [1.29, 1.82) is 0 Å². The molecule has 0 aliphatic heterocycles. The van der Waals surface area contributed by atoms with Crippen LogP contribution in [0.15, 0.2) is 72.8 Å². The number of fused-ring (bicyclic) bond motifs is 1. The molecule has 6 heteroatoms. The lowest BCUT2D eigenvalue weighted by atomic mass is 10.2. The Morgan fingerprint density at radius 3 is 2.67 bits per heavy atom. The molecule has 0 aliphatic rings. The molecule has 0 atom stereocenters. The number of aryl methyl sites for hydroxylation is 2. The summed E-state index contributed by atoms with van der Waals surface area (Å²) in [6.07, 6.45) is 1.50. The first kappa shape index (κ1) is 22.4. The van der Waals surface area contributed by atoms with E-state index in [0.29, 0.717) is 30.9 Å². The number of hydrogen-bond acceptors (Lipinski definition) is 4. The molecule has 0 saturated carbocycles. The van der Waals surface area contributed by atoms with E-state index in [-0.39, 0.29) is 5.91 Å². The Labute approximate surface area is 194 Å². The highest BCUT2D eigenvalue weighted by molar-refractivity contribution is 5.94. The van der Waals surface area contributed by atoms with Crippen molar-refractivity contribution in [3.8, 4) is 11.5 Å². The van der Waals surface area contributed by atoms with E-state index in [1.807, 2.05) is 48.5 Å². The molecule has 1 N–H and O–H groups in total. The first-order valence-corrected chi connectivity index (χ1v) is 11.2. The van der Waals surface area contributed by atoms with Gasteiger partial charge in [0.15, 0.2) is 0 Å². The van der Waals surface area contributed by atoms with E-state index in [1.54, 1.807) is 19.2 Å². The fraction of sp³-hybridized carbons (Fsp3) is 0.259. The van der Waals surface area contributed by atoms with Crippen LogP contribution in [-0.2, 0) is 13.0 Å². The molecule has 3 aromatic carbocycles. The van der Waals surface area contributed by atoms with Gasteiger partial charge in [-0.25, -0.2) is 4.98 Å². The summed E-state index contributed by atoms with van der Waals surface area (Å²) in [4.78, 5) is 17.3. The summed E-state index contributed by atoms with van der Waals surface area (Å²) in [5.74, 6) is 2.39. The van der Waals surface area contributed by atoms with E-state index in [0.717, 1.165) is 35.6 Å². The predicted octanol–water partition coefficient (Wildman–Crippen LogP) is 4.79. The van der Waals surface area contributed by atoms with Crippen LogP contribution in [0.3, 0.4) is 0 Å². The Balaban J connectivity index is 1.37. The van der Waals surface area contributed by atoms with Crippen molar-refractivity contribution in [3.63, 3.8) is 0 Å². The topological polar surface area (TPSA) is 65.4 Å². The van der Waals surface area contributed by atoms with Gasteiger partial charge >= 0.3 is 0 Å². The van der Waals surface area contributed by atoms with E-state index >= 15 is 0 Å². The zero-order chi connectivity index (χ0) is 23.0. The minimum Gasteiger partial charge on any atom is -0.497 e. The molecule has 1 amide bonds. The van der Waals surface area contributed by atoms with Crippen LogP contribution in [0.5, 0.6) is 11.5 Å². The van der Waals surface area contributed by atoms with Crippen LogP contribution in [0.1, 0.15) is 28.2 Å². The summed E-state index contributed by atoms with van der Waals surface area (Å²) in [6.45, 7) is 3.98. The highest BCUT2D eigenvalue weighted by Crippen LogP contribution is 2.18. The molecule has 0 radical (unpaired) electrons. The maximum Gasteiger partial charge on any atom is 0.251 e. The molecular formula is C27H29N3O3. The fourth-order valence-corrected chi connectivity index (χ4v) is 3.84. The molecule has 0 fully saturated rings. The lowest BCUT2D eigenvalue weighted by molar-refractivity contribution is 0.0953. The maximum atomic E-state index is 12.5. The average molecular weight is 444 g/mol. The van der Waals surface area contributed by atoms with Gasteiger partial charge in [-0.2, -0.15) is 0 Å². The van der Waals surface area contributed by atoms with Gasteiger partial charge in [-0.1, -0.05) is 30.3 Å².